The lowest BCUT2D eigenvalue weighted by atomic mass is 10.1. The zero-order chi connectivity index (χ0) is 23.3. The van der Waals surface area contributed by atoms with Crippen molar-refractivity contribution in [1.29, 1.82) is 0 Å². The van der Waals surface area contributed by atoms with Gasteiger partial charge in [0.2, 0.25) is 0 Å². The van der Waals surface area contributed by atoms with Gasteiger partial charge in [0.05, 0.1) is 13.2 Å². The number of nitrogens with one attached hydrogen (secondary N) is 1. The monoisotopic (exact) mass is 489 g/mol. The molecule has 32 heavy (non-hydrogen) atoms. The highest BCUT2D eigenvalue weighted by Crippen LogP contribution is 2.24. The van der Waals surface area contributed by atoms with Crippen LogP contribution in [0.1, 0.15) is 21.5 Å². The van der Waals surface area contributed by atoms with Gasteiger partial charge in [0.25, 0.3) is 5.91 Å². The van der Waals surface area contributed by atoms with E-state index in [1.165, 1.54) is 24.3 Å². The molecule has 1 aromatic heterocycles. The summed E-state index contributed by atoms with van der Waals surface area (Å²) < 4.78 is 56.4. The molecule has 3 rings (SSSR count). The van der Waals surface area contributed by atoms with Crippen molar-refractivity contribution in [3.05, 3.63) is 81.5 Å². The highest BCUT2D eigenvalue weighted by atomic mass is 35.5. The van der Waals surface area contributed by atoms with Crippen molar-refractivity contribution in [3.8, 4) is 0 Å². The highest BCUT2D eigenvalue weighted by molar-refractivity contribution is 6.33. The van der Waals surface area contributed by atoms with E-state index in [0.29, 0.717) is 17.1 Å². The molecule has 0 saturated carbocycles. The summed E-state index contributed by atoms with van der Waals surface area (Å²) in [6.07, 6.45) is -2.26. The summed E-state index contributed by atoms with van der Waals surface area (Å²) in [4.78, 5) is 12.6. The Balaban J connectivity index is 1.61. The maximum Gasteiger partial charge on any atom is 0.330 e. The topological polar surface area (TPSA) is 56.2 Å². The Morgan fingerprint density at radius 3 is 2.53 bits per heavy atom. The first-order valence-electron chi connectivity index (χ1n) is 9.25. The average Bonchev–Trinajstić information content (AvgIpc) is 3.08. The largest absolute Gasteiger partial charge is 0.370 e. The molecule has 0 unspecified atom stereocenters. The van der Waals surface area contributed by atoms with Crippen molar-refractivity contribution >= 4 is 34.9 Å². The van der Waals surface area contributed by atoms with Crippen molar-refractivity contribution in [2.24, 2.45) is 0 Å². The number of carbonyl (C=O) groups excluding carboxylic acids is 1. The SMILES string of the molecule is O=C(Nc1nn(Cc2ccc(Cl)cc2)cc1Cl)c1cccc(COCC(F)(F)C(F)F)c1. The van der Waals surface area contributed by atoms with Gasteiger partial charge < -0.3 is 10.1 Å². The number of aromatic nitrogens is 2. The fraction of sp³-hybridized carbons (Fsp3) is 0.238. The molecule has 0 aliphatic heterocycles. The van der Waals surface area contributed by atoms with E-state index in [9.17, 15) is 22.4 Å². The van der Waals surface area contributed by atoms with Crippen LogP contribution < -0.4 is 5.32 Å². The zero-order valence-electron chi connectivity index (χ0n) is 16.4. The normalized spacial score (nSPS) is 11.7. The van der Waals surface area contributed by atoms with Crippen LogP contribution in [0.4, 0.5) is 23.4 Å². The summed E-state index contributed by atoms with van der Waals surface area (Å²) in [6.45, 7) is -1.38. The average molecular weight is 490 g/mol. The first kappa shape index (κ1) is 24.0. The maximum atomic E-state index is 12.9. The van der Waals surface area contributed by atoms with Crippen LogP contribution >= 0.6 is 23.2 Å². The van der Waals surface area contributed by atoms with Crippen molar-refractivity contribution in [2.45, 2.75) is 25.5 Å². The van der Waals surface area contributed by atoms with E-state index in [4.69, 9.17) is 23.2 Å². The molecule has 0 atom stereocenters. The minimum absolute atomic E-state index is 0.142. The predicted octanol–water partition coefficient (Wildman–Crippen LogP) is 5.91. The van der Waals surface area contributed by atoms with Gasteiger partial charge in [-0.3, -0.25) is 9.48 Å². The quantitative estimate of drug-likeness (QED) is 0.380. The molecule has 0 radical (unpaired) electrons. The Labute approximate surface area is 190 Å². The third-order valence-corrected chi connectivity index (χ3v) is 4.81. The number of amides is 1. The Hall–Kier alpha value is -2.62. The van der Waals surface area contributed by atoms with Crippen molar-refractivity contribution in [3.63, 3.8) is 0 Å². The van der Waals surface area contributed by atoms with Gasteiger partial charge >= 0.3 is 12.3 Å². The molecule has 0 bridgehead atoms. The van der Waals surface area contributed by atoms with E-state index >= 15 is 0 Å². The van der Waals surface area contributed by atoms with E-state index in [1.807, 2.05) is 12.1 Å². The second-order valence-electron chi connectivity index (χ2n) is 6.86. The first-order chi connectivity index (χ1) is 15.1. The van der Waals surface area contributed by atoms with Gasteiger partial charge in [0, 0.05) is 16.8 Å². The Kier molecular flexibility index (Phi) is 7.76. The standard InChI is InChI=1S/C21H17Cl2F4N3O2/c22-16-6-4-13(5-7-16)9-30-10-17(23)18(29-30)28-19(31)15-3-1-2-14(8-15)11-32-12-21(26,27)20(24)25/h1-8,10,20H,9,11-12H2,(H,28,29,31). The molecule has 2 aromatic carbocycles. The number of rotatable bonds is 9. The summed E-state index contributed by atoms with van der Waals surface area (Å²) in [7, 11) is 0. The van der Waals surface area contributed by atoms with Crippen LogP contribution in [0.15, 0.2) is 54.7 Å². The minimum Gasteiger partial charge on any atom is -0.370 e. The van der Waals surface area contributed by atoms with Crippen LogP contribution in [0, 0.1) is 0 Å². The van der Waals surface area contributed by atoms with Gasteiger partial charge in [-0.1, -0.05) is 47.5 Å². The van der Waals surface area contributed by atoms with Gasteiger partial charge in [0.15, 0.2) is 5.82 Å². The number of ether oxygens (including phenoxy) is 1. The number of hydrogen-bond acceptors (Lipinski definition) is 3. The summed E-state index contributed by atoms with van der Waals surface area (Å²) >= 11 is 12.0. The molecule has 0 aliphatic rings. The molecule has 11 heteroatoms. The molecule has 0 aliphatic carbocycles. The summed E-state index contributed by atoms with van der Waals surface area (Å²) in [5, 5.41) is 7.66. The van der Waals surface area contributed by atoms with Gasteiger partial charge in [0.1, 0.15) is 11.6 Å². The third kappa shape index (κ3) is 6.44. The number of anilines is 1. The molecule has 0 spiro atoms. The molecule has 170 valence electrons. The molecular formula is C21H17Cl2F4N3O2. The highest BCUT2D eigenvalue weighted by Gasteiger charge is 2.40. The maximum absolute atomic E-state index is 12.9. The molecule has 5 nitrogen and oxygen atoms in total. The Morgan fingerprint density at radius 2 is 1.84 bits per heavy atom. The van der Waals surface area contributed by atoms with Crippen molar-refractivity contribution in [2.75, 3.05) is 11.9 Å². The Morgan fingerprint density at radius 1 is 1.12 bits per heavy atom. The Bertz CT molecular complexity index is 1080. The summed E-state index contributed by atoms with van der Waals surface area (Å²) in [5.41, 5.74) is 1.48. The molecule has 3 aromatic rings. The number of halogens is 6. The molecule has 1 amide bonds. The molecule has 1 N–H and O–H groups in total. The van der Waals surface area contributed by atoms with E-state index in [-0.39, 0.29) is 23.0 Å². The lowest BCUT2D eigenvalue weighted by Gasteiger charge is -2.15. The number of hydrogen-bond donors (Lipinski definition) is 1. The lowest BCUT2D eigenvalue weighted by Crippen LogP contribution is -2.32. The fourth-order valence-electron chi connectivity index (χ4n) is 2.69. The van der Waals surface area contributed by atoms with Gasteiger partial charge in [-0.2, -0.15) is 13.9 Å². The van der Waals surface area contributed by atoms with E-state index in [0.717, 1.165) is 5.56 Å². The number of benzene rings is 2. The molecule has 0 fully saturated rings. The lowest BCUT2D eigenvalue weighted by molar-refractivity contribution is -0.168. The third-order valence-electron chi connectivity index (χ3n) is 4.28. The number of carbonyl (C=O) groups is 1. The smallest absolute Gasteiger partial charge is 0.330 e. The summed E-state index contributed by atoms with van der Waals surface area (Å²) in [6, 6.07) is 13.1. The second-order valence-corrected chi connectivity index (χ2v) is 7.70. The zero-order valence-corrected chi connectivity index (χ0v) is 17.9. The predicted molar refractivity (Wildman–Crippen MR) is 113 cm³/mol. The summed E-state index contributed by atoms with van der Waals surface area (Å²) in [5.74, 6) is -4.64. The van der Waals surface area contributed by atoms with Gasteiger partial charge in [-0.25, -0.2) is 8.78 Å². The van der Waals surface area contributed by atoms with E-state index < -0.39 is 24.9 Å². The van der Waals surface area contributed by atoms with E-state index in [2.05, 4.69) is 15.2 Å². The van der Waals surface area contributed by atoms with Crippen LogP contribution in [0.25, 0.3) is 0 Å². The van der Waals surface area contributed by atoms with Crippen molar-refractivity contribution in [1.82, 2.24) is 9.78 Å². The van der Waals surface area contributed by atoms with E-state index in [1.54, 1.807) is 23.0 Å². The van der Waals surface area contributed by atoms with Crippen LogP contribution in [-0.2, 0) is 17.9 Å². The van der Waals surface area contributed by atoms with Crippen LogP contribution in [-0.4, -0.2) is 34.6 Å². The van der Waals surface area contributed by atoms with Gasteiger partial charge in [-0.05, 0) is 35.4 Å². The van der Waals surface area contributed by atoms with Gasteiger partial charge in [-0.15, -0.1) is 0 Å². The molecule has 0 saturated heterocycles. The second kappa shape index (κ2) is 10.3. The molecular weight excluding hydrogens is 473 g/mol. The number of alkyl halides is 4. The van der Waals surface area contributed by atoms with Crippen LogP contribution in [0.2, 0.25) is 10.0 Å². The first-order valence-corrected chi connectivity index (χ1v) is 10.0. The number of nitrogens with zero attached hydrogens (tertiary/aromatic N) is 2. The molecule has 1 heterocycles. The fourth-order valence-corrected chi connectivity index (χ4v) is 3.01. The minimum atomic E-state index is -4.24. The van der Waals surface area contributed by atoms with Crippen LogP contribution in [0.5, 0.6) is 0 Å². The van der Waals surface area contributed by atoms with Crippen LogP contribution in [0.3, 0.4) is 0 Å². The van der Waals surface area contributed by atoms with Crippen molar-refractivity contribution < 1.29 is 27.1 Å².